The largest absolute Gasteiger partial charge is 0.311 e. The normalized spacial score (nSPS) is 33.8. The SMILES string of the molecule is CC(C)(C)C1C2CC3CC1CC(NCCCNS(=O)(=O)Nc1ccccc1)(C3)C2. The van der Waals surface area contributed by atoms with Crippen LogP contribution < -0.4 is 14.8 Å². The number of hydrogen-bond donors (Lipinski definition) is 3. The fraction of sp³-hybridized carbons (Fsp3) is 0.739. The lowest BCUT2D eigenvalue weighted by molar-refractivity contribution is -0.103. The highest BCUT2D eigenvalue weighted by Gasteiger charge is 2.57. The molecule has 3 N–H and O–H groups in total. The number of para-hydroxylation sites is 1. The molecule has 0 spiro atoms. The van der Waals surface area contributed by atoms with Gasteiger partial charge in [-0.1, -0.05) is 39.0 Å². The minimum atomic E-state index is -3.51. The molecule has 0 aromatic heterocycles. The van der Waals surface area contributed by atoms with Crippen molar-refractivity contribution >= 4 is 15.9 Å². The van der Waals surface area contributed by atoms with Gasteiger partial charge in [0.2, 0.25) is 0 Å². The Labute approximate surface area is 176 Å². The first-order valence-corrected chi connectivity index (χ1v) is 12.7. The summed E-state index contributed by atoms with van der Waals surface area (Å²) in [4.78, 5) is 0. The zero-order valence-electron chi connectivity index (χ0n) is 18.1. The van der Waals surface area contributed by atoms with Gasteiger partial charge in [0.05, 0.1) is 0 Å². The van der Waals surface area contributed by atoms with Gasteiger partial charge in [-0.05, 0) is 86.3 Å². The molecule has 4 bridgehead atoms. The molecule has 0 aliphatic heterocycles. The Hall–Kier alpha value is -1.11. The van der Waals surface area contributed by atoms with Crippen molar-refractivity contribution in [2.24, 2.45) is 29.1 Å². The molecule has 1 aromatic carbocycles. The lowest BCUT2D eigenvalue weighted by Gasteiger charge is -2.63. The van der Waals surface area contributed by atoms with Crippen molar-refractivity contribution in [2.45, 2.75) is 64.8 Å². The Bertz CT molecular complexity index is 787. The van der Waals surface area contributed by atoms with Crippen LogP contribution in [0.4, 0.5) is 5.69 Å². The van der Waals surface area contributed by atoms with Crippen LogP contribution in [-0.4, -0.2) is 27.0 Å². The van der Waals surface area contributed by atoms with Gasteiger partial charge in [-0.15, -0.1) is 0 Å². The summed E-state index contributed by atoms with van der Waals surface area (Å²) in [6, 6.07) is 9.00. The maximum atomic E-state index is 12.2. The van der Waals surface area contributed by atoms with Crippen molar-refractivity contribution in [3.05, 3.63) is 30.3 Å². The molecule has 4 aliphatic carbocycles. The van der Waals surface area contributed by atoms with Crippen molar-refractivity contribution in [1.82, 2.24) is 10.0 Å². The van der Waals surface area contributed by atoms with E-state index >= 15 is 0 Å². The van der Waals surface area contributed by atoms with Crippen LogP contribution >= 0.6 is 0 Å². The lowest BCUT2D eigenvalue weighted by atomic mass is 9.45. The highest BCUT2D eigenvalue weighted by molar-refractivity contribution is 7.90. The van der Waals surface area contributed by atoms with Crippen LogP contribution in [0.15, 0.2) is 30.3 Å². The van der Waals surface area contributed by atoms with Crippen LogP contribution in [-0.2, 0) is 10.2 Å². The second-order valence-corrected chi connectivity index (χ2v) is 12.3. The van der Waals surface area contributed by atoms with Crippen molar-refractivity contribution in [3.8, 4) is 0 Å². The maximum absolute atomic E-state index is 12.2. The fourth-order valence-electron chi connectivity index (χ4n) is 7.00. The average molecular weight is 420 g/mol. The van der Waals surface area contributed by atoms with E-state index < -0.39 is 10.2 Å². The number of nitrogens with one attached hydrogen (secondary N) is 3. The zero-order chi connectivity index (χ0) is 20.7. The summed E-state index contributed by atoms with van der Waals surface area (Å²) >= 11 is 0. The number of rotatable bonds is 8. The van der Waals surface area contributed by atoms with E-state index in [0.717, 1.165) is 36.6 Å². The minimum absolute atomic E-state index is 0.305. The third kappa shape index (κ3) is 4.80. The Morgan fingerprint density at radius 2 is 1.66 bits per heavy atom. The second-order valence-electron chi connectivity index (χ2n) is 10.8. The van der Waals surface area contributed by atoms with E-state index in [1.54, 1.807) is 12.1 Å². The van der Waals surface area contributed by atoms with Gasteiger partial charge >= 0.3 is 0 Å². The van der Waals surface area contributed by atoms with Crippen LogP contribution in [0.1, 0.15) is 59.3 Å². The third-order valence-electron chi connectivity index (χ3n) is 7.44. The summed E-state index contributed by atoms with van der Waals surface area (Å²) in [7, 11) is -3.51. The Balaban J connectivity index is 1.24. The number of hydrogen-bond acceptors (Lipinski definition) is 3. The van der Waals surface area contributed by atoms with Gasteiger partial charge in [-0.3, -0.25) is 4.72 Å². The molecule has 1 aromatic rings. The quantitative estimate of drug-likeness (QED) is 0.554. The van der Waals surface area contributed by atoms with Gasteiger partial charge in [0, 0.05) is 17.8 Å². The van der Waals surface area contributed by atoms with Gasteiger partial charge in [-0.2, -0.15) is 13.1 Å². The van der Waals surface area contributed by atoms with Crippen molar-refractivity contribution < 1.29 is 8.42 Å². The molecular formula is C23H37N3O2S. The molecule has 0 amide bonds. The number of benzene rings is 1. The minimum Gasteiger partial charge on any atom is -0.311 e. The van der Waals surface area contributed by atoms with Gasteiger partial charge in [0.25, 0.3) is 10.2 Å². The third-order valence-corrected chi connectivity index (χ3v) is 8.53. The Kier molecular flexibility index (Phi) is 5.73. The average Bonchev–Trinajstić information content (AvgIpc) is 2.59. The molecule has 2 unspecified atom stereocenters. The van der Waals surface area contributed by atoms with E-state index in [2.05, 4.69) is 35.5 Å². The second kappa shape index (κ2) is 7.86. The summed E-state index contributed by atoms with van der Waals surface area (Å²) in [6.45, 7) is 8.60. The van der Waals surface area contributed by atoms with Crippen molar-refractivity contribution in [1.29, 1.82) is 0 Å². The summed E-state index contributed by atoms with van der Waals surface area (Å²) in [5, 5.41) is 3.88. The van der Waals surface area contributed by atoms with E-state index in [-0.39, 0.29) is 0 Å². The van der Waals surface area contributed by atoms with Gasteiger partial charge in [0.1, 0.15) is 0 Å². The van der Waals surface area contributed by atoms with E-state index in [9.17, 15) is 8.42 Å². The summed E-state index contributed by atoms with van der Waals surface area (Å²) < 4.78 is 29.6. The van der Waals surface area contributed by atoms with E-state index in [1.807, 2.05) is 18.2 Å². The van der Waals surface area contributed by atoms with E-state index in [4.69, 9.17) is 0 Å². The van der Waals surface area contributed by atoms with Crippen LogP contribution in [0.25, 0.3) is 0 Å². The molecule has 4 saturated carbocycles. The first-order chi connectivity index (χ1) is 13.7. The molecule has 0 saturated heterocycles. The molecule has 29 heavy (non-hydrogen) atoms. The van der Waals surface area contributed by atoms with E-state index in [0.29, 0.717) is 23.2 Å². The Morgan fingerprint density at radius 3 is 2.28 bits per heavy atom. The molecule has 6 heteroatoms. The number of anilines is 1. The fourth-order valence-corrected chi connectivity index (χ4v) is 7.93. The van der Waals surface area contributed by atoms with Gasteiger partial charge in [0.15, 0.2) is 0 Å². The summed E-state index contributed by atoms with van der Waals surface area (Å²) in [5.74, 6) is 3.49. The molecular weight excluding hydrogens is 382 g/mol. The molecule has 4 fully saturated rings. The first kappa shape index (κ1) is 21.1. The monoisotopic (exact) mass is 419 g/mol. The molecule has 4 aliphatic rings. The Morgan fingerprint density at radius 1 is 1.00 bits per heavy atom. The van der Waals surface area contributed by atoms with Crippen molar-refractivity contribution in [2.75, 3.05) is 17.8 Å². The topological polar surface area (TPSA) is 70.2 Å². The molecule has 2 atom stereocenters. The predicted molar refractivity (Wildman–Crippen MR) is 119 cm³/mol. The predicted octanol–water partition coefficient (Wildman–Crippen LogP) is 4.15. The summed E-state index contributed by atoms with van der Waals surface area (Å²) in [5.41, 5.74) is 1.30. The van der Waals surface area contributed by atoms with E-state index in [1.165, 1.54) is 32.1 Å². The van der Waals surface area contributed by atoms with Crippen LogP contribution in [0.2, 0.25) is 0 Å². The van der Waals surface area contributed by atoms with Gasteiger partial charge < -0.3 is 5.32 Å². The van der Waals surface area contributed by atoms with Crippen LogP contribution in [0.5, 0.6) is 0 Å². The van der Waals surface area contributed by atoms with Gasteiger partial charge in [-0.25, -0.2) is 0 Å². The van der Waals surface area contributed by atoms with Crippen molar-refractivity contribution in [3.63, 3.8) is 0 Å². The molecule has 0 radical (unpaired) electrons. The molecule has 5 nitrogen and oxygen atoms in total. The molecule has 0 heterocycles. The zero-order valence-corrected chi connectivity index (χ0v) is 18.9. The smallest absolute Gasteiger partial charge is 0.299 e. The first-order valence-electron chi connectivity index (χ1n) is 11.2. The lowest BCUT2D eigenvalue weighted by Crippen LogP contribution is -2.63. The summed E-state index contributed by atoms with van der Waals surface area (Å²) in [6.07, 6.45) is 7.59. The maximum Gasteiger partial charge on any atom is 0.299 e. The van der Waals surface area contributed by atoms with Crippen LogP contribution in [0.3, 0.4) is 0 Å². The van der Waals surface area contributed by atoms with Crippen LogP contribution in [0, 0.1) is 29.1 Å². The standard InChI is InChI=1S/C23H37N3O2S/c1-22(2,3)21-18-12-17-13-19(21)16-23(14-17,15-18)24-10-7-11-25-29(27,28)26-20-8-5-4-6-9-20/h4-6,8-9,17-19,21,24-26H,7,10-16H2,1-3H3. The molecule has 5 rings (SSSR count). The highest BCUT2D eigenvalue weighted by Crippen LogP contribution is 2.62. The highest BCUT2D eigenvalue weighted by atomic mass is 32.2. The molecule has 162 valence electrons.